The predicted octanol–water partition coefficient (Wildman–Crippen LogP) is 1.92. The minimum Gasteiger partial charge on any atom is -0.479 e. The van der Waals surface area contributed by atoms with E-state index in [9.17, 15) is 9.90 Å². The first kappa shape index (κ1) is 16.3. The molecule has 0 saturated carbocycles. The largest absolute Gasteiger partial charge is 0.479 e. The number of carboxylic acids is 1. The van der Waals surface area contributed by atoms with Gasteiger partial charge in [0, 0.05) is 25.5 Å². The molecule has 0 bridgehead atoms. The second kappa shape index (κ2) is 6.29. The first-order valence-corrected chi connectivity index (χ1v) is 8.41. The highest BCUT2D eigenvalue weighted by Crippen LogP contribution is 2.36. The lowest BCUT2D eigenvalue weighted by molar-refractivity contribution is -0.148. The number of carboxylic acid groups (broad SMARTS) is 1. The van der Waals surface area contributed by atoms with Crippen molar-refractivity contribution in [3.8, 4) is 5.88 Å². The molecule has 8 nitrogen and oxygen atoms in total. The lowest BCUT2D eigenvalue weighted by atomic mass is 9.87. The third-order valence-corrected chi connectivity index (χ3v) is 5.04. The number of piperidine rings is 1. The molecule has 1 aromatic carbocycles. The lowest BCUT2D eigenvalue weighted by Gasteiger charge is -2.40. The van der Waals surface area contributed by atoms with Gasteiger partial charge in [-0.25, -0.2) is 19.7 Å². The number of imidazole rings is 1. The molecule has 3 heterocycles. The minimum atomic E-state index is -1.03. The Kier molecular flexibility index (Phi) is 3.95. The van der Waals surface area contributed by atoms with Gasteiger partial charge in [-0.05, 0) is 25.0 Å². The Balaban J connectivity index is 1.67. The average Bonchev–Trinajstić information content (AvgIpc) is 3.12. The summed E-state index contributed by atoms with van der Waals surface area (Å²) in [5, 5.41) is 10.1. The molecule has 1 N–H and O–H groups in total. The van der Waals surface area contributed by atoms with Crippen LogP contribution in [-0.2, 0) is 10.3 Å². The van der Waals surface area contributed by atoms with E-state index in [0.29, 0.717) is 37.6 Å². The molecule has 0 radical (unpaired) electrons. The van der Waals surface area contributed by atoms with Gasteiger partial charge in [0.1, 0.15) is 5.54 Å². The maximum Gasteiger partial charge on any atom is 0.330 e. The summed E-state index contributed by atoms with van der Waals surface area (Å²) in [5.74, 6) is 0.249. The number of carbonyl (C=O) groups is 1. The van der Waals surface area contributed by atoms with Crippen molar-refractivity contribution in [3.05, 3.63) is 43.0 Å². The topological polar surface area (TPSA) is 93.4 Å². The molecule has 2 aromatic heterocycles. The van der Waals surface area contributed by atoms with Gasteiger partial charge in [0.2, 0.25) is 0 Å². The Labute approximate surface area is 150 Å². The summed E-state index contributed by atoms with van der Waals surface area (Å²) in [6.45, 7) is 1.07. The number of aliphatic carboxylic acids is 1. The Bertz CT molecular complexity index is 947. The van der Waals surface area contributed by atoms with Gasteiger partial charge in [-0.2, -0.15) is 0 Å². The van der Waals surface area contributed by atoms with Crippen molar-refractivity contribution >= 4 is 22.8 Å². The van der Waals surface area contributed by atoms with Gasteiger partial charge in [0.05, 0.1) is 24.5 Å². The molecule has 26 heavy (non-hydrogen) atoms. The summed E-state index contributed by atoms with van der Waals surface area (Å²) in [5.41, 5.74) is 0.605. The molecule has 1 aliphatic heterocycles. The van der Waals surface area contributed by atoms with E-state index in [-0.39, 0.29) is 0 Å². The predicted molar refractivity (Wildman–Crippen MR) is 95.4 cm³/mol. The van der Waals surface area contributed by atoms with Crippen LogP contribution in [0.2, 0.25) is 0 Å². The molecule has 1 aliphatic rings. The molecular weight excluding hydrogens is 334 g/mol. The highest BCUT2D eigenvalue weighted by molar-refractivity contribution is 5.82. The van der Waals surface area contributed by atoms with E-state index >= 15 is 0 Å². The molecule has 0 unspecified atom stereocenters. The van der Waals surface area contributed by atoms with Crippen molar-refractivity contribution in [2.75, 3.05) is 25.1 Å². The van der Waals surface area contributed by atoms with Crippen LogP contribution in [0.15, 0.2) is 43.0 Å². The number of benzene rings is 1. The van der Waals surface area contributed by atoms with E-state index in [1.807, 2.05) is 29.2 Å². The van der Waals surface area contributed by atoms with Crippen LogP contribution in [-0.4, -0.2) is 50.8 Å². The molecular formula is C18H19N5O3. The molecule has 8 heteroatoms. The number of methoxy groups -OCH3 is 1. The van der Waals surface area contributed by atoms with Crippen molar-refractivity contribution in [2.45, 2.75) is 18.4 Å². The van der Waals surface area contributed by atoms with E-state index < -0.39 is 11.5 Å². The zero-order valence-electron chi connectivity index (χ0n) is 14.4. The van der Waals surface area contributed by atoms with Gasteiger partial charge in [-0.3, -0.25) is 0 Å². The number of fused-ring (bicyclic) bond motifs is 1. The summed E-state index contributed by atoms with van der Waals surface area (Å²) in [7, 11) is 1.55. The van der Waals surface area contributed by atoms with E-state index in [1.54, 1.807) is 30.4 Å². The number of nitrogens with zero attached hydrogens (tertiary/aromatic N) is 5. The van der Waals surface area contributed by atoms with Gasteiger partial charge in [0.25, 0.3) is 5.88 Å². The fourth-order valence-electron chi connectivity index (χ4n) is 3.63. The number of anilines is 1. The van der Waals surface area contributed by atoms with Crippen molar-refractivity contribution < 1.29 is 14.6 Å². The molecule has 4 rings (SSSR count). The number of rotatable bonds is 4. The average molecular weight is 353 g/mol. The Morgan fingerprint density at radius 3 is 2.62 bits per heavy atom. The molecule has 3 aromatic rings. The highest BCUT2D eigenvalue weighted by Gasteiger charge is 2.44. The van der Waals surface area contributed by atoms with E-state index in [1.165, 1.54) is 0 Å². The first-order chi connectivity index (χ1) is 12.7. The van der Waals surface area contributed by atoms with Gasteiger partial charge in [-0.1, -0.05) is 12.1 Å². The summed E-state index contributed by atoms with van der Waals surface area (Å²) >= 11 is 0. The lowest BCUT2D eigenvalue weighted by Crippen LogP contribution is -2.51. The third kappa shape index (κ3) is 2.45. The number of aromatic nitrogens is 4. The van der Waals surface area contributed by atoms with Gasteiger partial charge >= 0.3 is 5.97 Å². The third-order valence-electron chi connectivity index (χ3n) is 5.04. The maximum absolute atomic E-state index is 12.3. The number of hydrogen-bond donors (Lipinski definition) is 1. The van der Waals surface area contributed by atoms with Crippen LogP contribution in [0.1, 0.15) is 12.8 Å². The van der Waals surface area contributed by atoms with Crippen molar-refractivity contribution in [1.29, 1.82) is 0 Å². The second-order valence-corrected chi connectivity index (χ2v) is 6.32. The summed E-state index contributed by atoms with van der Waals surface area (Å²) in [6.07, 6.45) is 5.69. The van der Waals surface area contributed by atoms with Crippen LogP contribution in [0.3, 0.4) is 0 Å². The summed E-state index contributed by atoms with van der Waals surface area (Å²) < 4.78 is 7.08. The molecule has 1 fully saturated rings. The fourth-order valence-corrected chi connectivity index (χ4v) is 3.63. The smallest absolute Gasteiger partial charge is 0.330 e. The molecule has 1 saturated heterocycles. The SMILES string of the molecule is COc1nccnc1N1CCC(C(=O)O)(n2cnc3ccccc32)CC1. The molecule has 0 atom stereocenters. The van der Waals surface area contributed by atoms with Gasteiger partial charge in [0.15, 0.2) is 5.82 Å². The van der Waals surface area contributed by atoms with Crippen LogP contribution in [0.4, 0.5) is 5.82 Å². The molecule has 0 amide bonds. The molecule has 134 valence electrons. The summed E-state index contributed by atoms with van der Waals surface area (Å²) in [4.78, 5) is 27.2. The van der Waals surface area contributed by atoms with E-state index in [2.05, 4.69) is 15.0 Å². The Morgan fingerprint density at radius 1 is 1.15 bits per heavy atom. The normalized spacial score (nSPS) is 16.6. The highest BCUT2D eigenvalue weighted by atomic mass is 16.5. The Hall–Kier alpha value is -3.16. The van der Waals surface area contributed by atoms with Crippen LogP contribution in [0, 0.1) is 0 Å². The van der Waals surface area contributed by atoms with Crippen LogP contribution in [0.5, 0.6) is 5.88 Å². The monoisotopic (exact) mass is 353 g/mol. The molecule has 0 spiro atoms. The van der Waals surface area contributed by atoms with Crippen molar-refractivity contribution in [1.82, 2.24) is 19.5 Å². The zero-order chi connectivity index (χ0) is 18.1. The first-order valence-electron chi connectivity index (χ1n) is 8.41. The van der Waals surface area contributed by atoms with Crippen LogP contribution in [0.25, 0.3) is 11.0 Å². The molecule has 0 aliphatic carbocycles. The Morgan fingerprint density at radius 2 is 1.88 bits per heavy atom. The van der Waals surface area contributed by atoms with Crippen molar-refractivity contribution in [3.63, 3.8) is 0 Å². The minimum absolute atomic E-state index is 0.433. The van der Waals surface area contributed by atoms with E-state index in [4.69, 9.17) is 4.74 Å². The van der Waals surface area contributed by atoms with E-state index in [0.717, 1.165) is 11.0 Å². The summed E-state index contributed by atoms with van der Waals surface area (Å²) in [6, 6.07) is 7.59. The van der Waals surface area contributed by atoms with Gasteiger partial charge < -0.3 is 19.3 Å². The van der Waals surface area contributed by atoms with Crippen LogP contribution >= 0.6 is 0 Å². The van der Waals surface area contributed by atoms with Gasteiger partial charge in [-0.15, -0.1) is 0 Å². The van der Waals surface area contributed by atoms with Crippen molar-refractivity contribution in [2.24, 2.45) is 0 Å². The zero-order valence-corrected chi connectivity index (χ0v) is 14.4. The standard InChI is InChI=1S/C18H19N5O3/c1-26-16-15(19-8-9-20-16)22-10-6-18(7-11-22,17(24)25)23-12-21-13-4-2-3-5-14(13)23/h2-5,8-9,12H,6-7,10-11H2,1H3,(H,24,25). The number of para-hydroxylation sites is 2. The second-order valence-electron chi connectivity index (χ2n) is 6.32. The number of ether oxygens (including phenoxy) is 1. The maximum atomic E-state index is 12.3. The number of hydrogen-bond acceptors (Lipinski definition) is 6. The fraction of sp³-hybridized carbons (Fsp3) is 0.333. The quantitative estimate of drug-likeness (QED) is 0.766. The van der Waals surface area contributed by atoms with Crippen LogP contribution < -0.4 is 9.64 Å².